The molecule has 0 radical (unpaired) electrons. The first-order chi connectivity index (χ1) is 14.9. The first kappa shape index (κ1) is 21.9. The van der Waals surface area contributed by atoms with Gasteiger partial charge in [-0.05, 0) is 23.8 Å². The van der Waals surface area contributed by atoms with Gasteiger partial charge in [-0.15, -0.1) is 0 Å². The number of likely N-dealkylation sites (tertiary alicyclic amines) is 1. The predicted octanol–water partition coefficient (Wildman–Crippen LogP) is 3.85. The average Bonchev–Trinajstić information content (AvgIpc) is 3.31. The number of fused-ring (bicyclic) bond motifs is 1. The van der Waals surface area contributed by atoms with Crippen molar-refractivity contribution >= 4 is 36.6 Å². The molecule has 12 heteroatoms. The quantitative estimate of drug-likeness (QED) is 0.595. The fourth-order valence-corrected chi connectivity index (χ4v) is 3.71. The SMILES string of the molecule is O=C(N1CC(Oc2cc3n[nH]c(F)c3cc2F)C1)N1N=CC[C@H]1c1cc(F)cc(F)c1.S. The van der Waals surface area contributed by atoms with E-state index in [1.165, 1.54) is 34.3 Å². The van der Waals surface area contributed by atoms with E-state index in [2.05, 4.69) is 15.3 Å². The van der Waals surface area contributed by atoms with Crippen LogP contribution < -0.4 is 4.74 Å². The molecule has 168 valence electrons. The number of benzene rings is 2. The Morgan fingerprint density at radius 2 is 1.78 bits per heavy atom. The van der Waals surface area contributed by atoms with Crippen LogP contribution in [0.5, 0.6) is 5.75 Å². The molecule has 0 saturated carbocycles. The third-order valence-corrected chi connectivity index (χ3v) is 5.27. The number of hydrogen-bond donors (Lipinski definition) is 1. The molecule has 3 heterocycles. The lowest BCUT2D eigenvalue weighted by Crippen LogP contribution is -2.58. The van der Waals surface area contributed by atoms with Crippen LogP contribution in [0.4, 0.5) is 22.4 Å². The number of amides is 2. The van der Waals surface area contributed by atoms with E-state index in [0.29, 0.717) is 12.0 Å². The number of hydrazone groups is 1. The van der Waals surface area contributed by atoms with Crippen LogP contribution in [0.15, 0.2) is 35.4 Å². The Kier molecular flexibility index (Phi) is 5.71. The summed E-state index contributed by atoms with van der Waals surface area (Å²) in [6, 6.07) is 4.31. The van der Waals surface area contributed by atoms with Crippen molar-refractivity contribution in [2.75, 3.05) is 13.1 Å². The minimum atomic E-state index is -0.741. The molecule has 0 aliphatic carbocycles. The Hall–Kier alpha value is -3.28. The smallest absolute Gasteiger partial charge is 0.341 e. The van der Waals surface area contributed by atoms with Crippen LogP contribution in [0.25, 0.3) is 10.9 Å². The van der Waals surface area contributed by atoms with E-state index in [9.17, 15) is 22.4 Å². The van der Waals surface area contributed by atoms with Crippen molar-refractivity contribution in [1.82, 2.24) is 20.1 Å². The Balaban J connectivity index is 0.00000245. The fraction of sp³-hybridized carbons (Fsp3) is 0.250. The molecule has 7 nitrogen and oxygen atoms in total. The minimum absolute atomic E-state index is 0. The molecule has 1 aromatic heterocycles. The summed E-state index contributed by atoms with van der Waals surface area (Å²) in [5.41, 5.74) is 0.524. The molecule has 3 aromatic rings. The number of carbonyl (C=O) groups excluding carboxylic acids is 1. The number of hydrogen-bond acceptors (Lipinski definition) is 4. The molecule has 2 amide bonds. The molecule has 1 N–H and O–H groups in total. The van der Waals surface area contributed by atoms with Gasteiger partial charge in [0.25, 0.3) is 0 Å². The fourth-order valence-electron chi connectivity index (χ4n) is 3.71. The Morgan fingerprint density at radius 1 is 1.06 bits per heavy atom. The lowest BCUT2D eigenvalue weighted by molar-refractivity contribution is 0.0258. The van der Waals surface area contributed by atoms with Gasteiger partial charge in [0, 0.05) is 24.8 Å². The molecular formula is C20H17F4N5O2S. The average molecular weight is 467 g/mol. The van der Waals surface area contributed by atoms with Crippen LogP contribution in [0.1, 0.15) is 18.0 Å². The molecule has 0 bridgehead atoms. The zero-order valence-electron chi connectivity index (χ0n) is 16.4. The summed E-state index contributed by atoms with van der Waals surface area (Å²) < 4.78 is 60.4. The summed E-state index contributed by atoms with van der Waals surface area (Å²) >= 11 is 0. The van der Waals surface area contributed by atoms with Gasteiger partial charge in [-0.2, -0.15) is 28.1 Å². The topological polar surface area (TPSA) is 73.8 Å². The summed E-state index contributed by atoms with van der Waals surface area (Å²) in [4.78, 5) is 14.2. The lowest BCUT2D eigenvalue weighted by Gasteiger charge is -2.41. The molecule has 1 saturated heterocycles. The zero-order valence-corrected chi connectivity index (χ0v) is 17.4. The highest BCUT2D eigenvalue weighted by Crippen LogP contribution is 2.32. The van der Waals surface area contributed by atoms with Crippen LogP contribution in [0.3, 0.4) is 0 Å². The van der Waals surface area contributed by atoms with Crippen LogP contribution in [-0.2, 0) is 0 Å². The molecule has 0 spiro atoms. The third kappa shape index (κ3) is 3.85. The number of aromatic nitrogens is 2. The lowest BCUT2D eigenvalue weighted by atomic mass is 10.0. The maximum atomic E-state index is 14.2. The van der Waals surface area contributed by atoms with Gasteiger partial charge in [0.05, 0.1) is 30.0 Å². The highest BCUT2D eigenvalue weighted by atomic mass is 32.1. The van der Waals surface area contributed by atoms with Gasteiger partial charge >= 0.3 is 6.03 Å². The minimum Gasteiger partial charge on any atom is -0.484 e. The number of halogens is 4. The number of H-pyrrole nitrogens is 1. The molecule has 0 unspecified atom stereocenters. The van der Waals surface area contributed by atoms with E-state index < -0.39 is 41.6 Å². The van der Waals surface area contributed by atoms with Crippen LogP contribution in [0, 0.1) is 23.4 Å². The van der Waals surface area contributed by atoms with Gasteiger partial charge in [0.15, 0.2) is 11.6 Å². The molecule has 2 aliphatic rings. The molecule has 32 heavy (non-hydrogen) atoms. The van der Waals surface area contributed by atoms with E-state index in [1.54, 1.807) is 0 Å². The van der Waals surface area contributed by atoms with Crippen molar-refractivity contribution in [3.63, 3.8) is 0 Å². The number of urea groups is 1. The Labute approximate surface area is 186 Å². The van der Waals surface area contributed by atoms with Crippen molar-refractivity contribution in [3.8, 4) is 5.75 Å². The summed E-state index contributed by atoms with van der Waals surface area (Å²) in [6.45, 7) is 0.336. The number of nitrogens with zero attached hydrogens (tertiary/aromatic N) is 4. The normalized spacial score (nSPS) is 18.1. The number of ether oxygens (including phenoxy) is 1. The number of aromatic amines is 1. The van der Waals surface area contributed by atoms with Gasteiger partial charge in [-0.25, -0.2) is 23.0 Å². The summed E-state index contributed by atoms with van der Waals surface area (Å²) in [6.07, 6.45) is 1.36. The van der Waals surface area contributed by atoms with Crippen molar-refractivity contribution in [1.29, 1.82) is 0 Å². The van der Waals surface area contributed by atoms with Crippen molar-refractivity contribution < 1.29 is 27.1 Å². The molecule has 1 fully saturated rings. The third-order valence-electron chi connectivity index (χ3n) is 5.27. The highest BCUT2D eigenvalue weighted by Gasteiger charge is 2.39. The molecule has 2 aromatic carbocycles. The van der Waals surface area contributed by atoms with Crippen molar-refractivity contribution in [2.24, 2.45) is 5.10 Å². The maximum absolute atomic E-state index is 14.2. The first-order valence-electron chi connectivity index (χ1n) is 9.45. The maximum Gasteiger partial charge on any atom is 0.341 e. The predicted molar refractivity (Wildman–Crippen MR) is 112 cm³/mol. The van der Waals surface area contributed by atoms with Crippen molar-refractivity contribution in [3.05, 3.63) is 59.3 Å². The second kappa shape index (κ2) is 8.34. The molecule has 1 atom stereocenters. The molecule has 2 aliphatic heterocycles. The van der Waals surface area contributed by atoms with Gasteiger partial charge in [-0.3, -0.25) is 5.10 Å². The summed E-state index contributed by atoms with van der Waals surface area (Å²) in [7, 11) is 0. The van der Waals surface area contributed by atoms with Gasteiger partial charge < -0.3 is 9.64 Å². The van der Waals surface area contributed by atoms with E-state index in [1.807, 2.05) is 0 Å². The number of rotatable bonds is 3. The standard InChI is InChI=1S/C20H15F4N5O2.H2S/c21-11-3-10(4-12(22)5-11)17-1-2-25-29(17)20(30)28-8-13(9-28)31-18-7-16-14(6-15(18)23)19(24)27-26-16;/h2-7,13,17H,1,8-9H2,(H,26,27);1H2/t17-;/m0./s1. The first-order valence-corrected chi connectivity index (χ1v) is 9.45. The second-order valence-corrected chi connectivity index (χ2v) is 7.36. The highest BCUT2D eigenvalue weighted by molar-refractivity contribution is 7.59. The van der Waals surface area contributed by atoms with E-state index >= 15 is 0 Å². The van der Waals surface area contributed by atoms with Crippen LogP contribution >= 0.6 is 13.5 Å². The van der Waals surface area contributed by atoms with E-state index in [0.717, 1.165) is 12.1 Å². The molecule has 5 rings (SSSR count). The van der Waals surface area contributed by atoms with Gasteiger partial charge in [0.1, 0.15) is 17.7 Å². The number of nitrogens with one attached hydrogen (secondary N) is 1. The Bertz CT molecular complexity index is 1190. The summed E-state index contributed by atoms with van der Waals surface area (Å²) in [5, 5.41) is 11.1. The monoisotopic (exact) mass is 467 g/mol. The Morgan fingerprint density at radius 3 is 2.50 bits per heavy atom. The zero-order chi connectivity index (χ0) is 21.7. The van der Waals surface area contributed by atoms with Gasteiger partial charge in [-0.1, -0.05) is 0 Å². The largest absolute Gasteiger partial charge is 0.484 e. The second-order valence-electron chi connectivity index (χ2n) is 7.36. The van der Waals surface area contributed by atoms with Crippen molar-refractivity contribution in [2.45, 2.75) is 18.6 Å². The van der Waals surface area contributed by atoms with Crippen LogP contribution in [-0.4, -0.2) is 51.5 Å². The number of carbonyl (C=O) groups is 1. The summed E-state index contributed by atoms with van der Waals surface area (Å²) in [5.74, 6) is -3.04. The molecular weight excluding hydrogens is 450 g/mol. The van der Waals surface area contributed by atoms with Gasteiger partial charge in [0.2, 0.25) is 5.95 Å². The van der Waals surface area contributed by atoms with Crippen LogP contribution in [0.2, 0.25) is 0 Å². The van der Waals surface area contributed by atoms with E-state index in [4.69, 9.17) is 4.74 Å². The van der Waals surface area contributed by atoms with E-state index in [-0.39, 0.29) is 43.2 Å².